The molecule has 1 amide bonds. The van der Waals surface area contributed by atoms with Gasteiger partial charge in [-0.1, -0.05) is 11.6 Å². The summed E-state index contributed by atoms with van der Waals surface area (Å²) in [6.07, 6.45) is 2.53. The zero-order chi connectivity index (χ0) is 21.6. The van der Waals surface area contributed by atoms with Gasteiger partial charge in [0, 0.05) is 18.2 Å². The lowest BCUT2D eigenvalue weighted by atomic mass is 10.1. The Morgan fingerprint density at radius 1 is 1.37 bits per heavy atom. The van der Waals surface area contributed by atoms with Crippen molar-refractivity contribution in [1.82, 2.24) is 24.4 Å². The maximum Gasteiger partial charge on any atom is 0.410 e. The summed E-state index contributed by atoms with van der Waals surface area (Å²) in [5.74, 6) is 0.180. The van der Waals surface area contributed by atoms with Gasteiger partial charge in [-0.25, -0.2) is 24.1 Å². The summed E-state index contributed by atoms with van der Waals surface area (Å²) in [5.41, 5.74) is 7.35. The summed E-state index contributed by atoms with van der Waals surface area (Å²) in [4.78, 5) is 26.5. The molecule has 0 saturated carbocycles. The van der Waals surface area contributed by atoms with Crippen LogP contribution in [0, 0.1) is 5.82 Å². The van der Waals surface area contributed by atoms with Crippen LogP contribution in [0.5, 0.6) is 0 Å². The van der Waals surface area contributed by atoms with E-state index in [0.717, 1.165) is 12.8 Å². The van der Waals surface area contributed by atoms with E-state index in [2.05, 4.69) is 15.0 Å². The summed E-state index contributed by atoms with van der Waals surface area (Å²) in [5, 5.41) is 0.270. The first-order chi connectivity index (χ1) is 14.3. The molecule has 10 heteroatoms. The van der Waals surface area contributed by atoms with Crippen molar-refractivity contribution in [3.63, 3.8) is 0 Å². The highest BCUT2D eigenvalue weighted by Crippen LogP contribution is 2.38. The first kappa shape index (κ1) is 20.3. The number of hydrogen-bond donors (Lipinski definition) is 1. The van der Waals surface area contributed by atoms with E-state index in [9.17, 15) is 4.79 Å². The fraction of sp³-hybridized carbons (Fsp3) is 0.400. The number of amides is 1. The largest absolute Gasteiger partial charge is 0.453 e. The molecule has 1 saturated heterocycles. The Morgan fingerprint density at radius 2 is 2.13 bits per heavy atom. The normalized spacial score (nSPS) is 16.6. The number of aromatic nitrogens is 4. The molecule has 3 heterocycles. The van der Waals surface area contributed by atoms with Crippen molar-refractivity contribution in [3.8, 4) is 11.3 Å². The summed E-state index contributed by atoms with van der Waals surface area (Å²) >= 11 is 6.23. The van der Waals surface area contributed by atoms with Gasteiger partial charge in [-0.15, -0.1) is 0 Å². The van der Waals surface area contributed by atoms with E-state index in [-0.39, 0.29) is 28.6 Å². The number of likely N-dealkylation sites (tertiary alicyclic amines) is 1. The molecule has 30 heavy (non-hydrogen) atoms. The van der Waals surface area contributed by atoms with Crippen molar-refractivity contribution in [1.29, 1.82) is 0 Å². The Hall–Kier alpha value is -2.94. The van der Waals surface area contributed by atoms with Gasteiger partial charge in [-0.05, 0) is 38.8 Å². The quantitative estimate of drug-likeness (QED) is 0.660. The molecule has 0 spiro atoms. The molecule has 1 aromatic carbocycles. The van der Waals surface area contributed by atoms with Crippen LogP contribution in [0.1, 0.15) is 44.6 Å². The number of halogens is 2. The van der Waals surface area contributed by atoms with Gasteiger partial charge >= 0.3 is 6.09 Å². The standard InChI is InChI=1S/C20H22ClFN6O2/c1-10(2)28-15-8-11(16-12(21)9-24-19(23)26-16)7-13(22)17(15)25-18(28)14-5-4-6-27(14)20(29)30-3/h7-10,14H,4-6H2,1-3H3,(H2,23,24,26). The smallest absolute Gasteiger partial charge is 0.410 e. The van der Waals surface area contributed by atoms with Crippen molar-refractivity contribution in [2.75, 3.05) is 19.4 Å². The maximum absolute atomic E-state index is 15.1. The SMILES string of the molecule is COC(=O)N1CCCC1c1nc2c(F)cc(-c3nc(N)ncc3Cl)cc2n1C(C)C. The molecular formula is C20H22ClFN6O2. The number of methoxy groups -OCH3 is 1. The predicted octanol–water partition coefficient (Wildman–Crippen LogP) is 4.35. The lowest BCUT2D eigenvalue weighted by molar-refractivity contribution is 0.116. The third kappa shape index (κ3) is 3.32. The van der Waals surface area contributed by atoms with E-state index >= 15 is 4.39 Å². The number of carbonyl (C=O) groups excluding carboxylic acids is 1. The molecule has 1 atom stereocenters. The second-order valence-electron chi connectivity index (χ2n) is 7.51. The van der Waals surface area contributed by atoms with E-state index in [1.54, 1.807) is 11.0 Å². The minimum absolute atomic E-state index is 0.0225. The first-order valence-corrected chi connectivity index (χ1v) is 10.0. The van der Waals surface area contributed by atoms with Crippen LogP contribution in [0.25, 0.3) is 22.3 Å². The minimum atomic E-state index is -0.501. The van der Waals surface area contributed by atoms with Gasteiger partial charge in [0.15, 0.2) is 5.82 Å². The lowest BCUT2D eigenvalue weighted by Gasteiger charge is -2.25. The molecule has 158 valence electrons. The van der Waals surface area contributed by atoms with E-state index < -0.39 is 11.9 Å². The molecule has 1 unspecified atom stereocenters. The Morgan fingerprint density at radius 3 is 2.83 bits per heavy atom. The molecule has 4 rings (SSSR count). The van der Waals surface area contributed by atoms with Crippen molar-refractivity contribution in [2.24, 2.45) is 0 Å². The topological polar surface area (TPSA) is 99.2 Å². The molecule has 0 bridgehead atoms. The molecule has 2 N–H and O–H groups in total. The number of nitrogens with zero attached hydrogens (tertiary/aromatic N) is 5. The van der Waals surface area contributed by atoms with Gasteiger partial charge in [-0.3, -0.25) is 4.90 Å². The number of hydrogen-bond acceptors (Lipinski definition) is 6. The Bertz CT molecular complexity index is 1130. The van der Waals surface area contributed by atoms with Crippen molar-refractivity contribution in [2.45, 2.75) is 38.8 Å². The van der Waals surface area contributed by atoms with Crippen molar-refractivity contribution < 1.29 is 13.9 Å². The van der Waals surface area contributed by atoms with Crippen LogP contribution in [-0.4, -0.2) is 44.2 Å². The van der Waals surface area contributed by atoms with E-state index in [4.69, 9.17) is 22.1 Å². The first-order valence-electron chi connectivity index (χ1n) is 9.66. The van der Waals surface area contributed by atoms with Gasteiger partial charge in [0.25, 0.3) is 0 Å². The molecule has 1 aliphatic rings. The van der Waals surface area contributed by atoms with Gasteiger partial charge < -0.3 is 15.0 Å². The van der Waals surface area contributed by atoms with Crippen LogP contribution in [0.2, 0.25) is 5.02 Å². The zero-order valence-electron chi connectivity index (χ0n) is 16.9. The molecule has 3 aromatic rings. The van der Waals surface area contributed by atoms with Gasteiger partial charge in [0.1, 0.15) is 11.3 Å². The molecular weight excluding hydrogens is 411 g/mol. The highest BCUT2D eigenvalue weighted by molar-refractivity contribution is 6.33. The van der Waals surface area contributed by atoms with Gasteiger partial charge in [0.05, 0.1) is 35.6 Å². The maximum atomic E-state index is 15.1. The third-order valence-corrected chi connectivity index (χ3v) is 5.57. The fourth-order valence-corrected chi connectivity index (χ4v) is 4.24. The second-order valence-corrected chi connectivity index (χ2v) is 7.91. The number of nitrogens with two attached hydrogens (primary N) is 1. The van der Waals surface area contributed by atoms with Crippen LogP contribution < -0.4 is 5.73 Å². The van der Waals surface area contributed by atoms with Gasteiger partial charge in [-0.2, -0.15) is 0 Å². The summed E-state index contributed by atoms with van der Waals surface area (Å²) in [6, 6.07) is 2.82. The van der Waals surface area contributed by atoms with E-state index in [1.807, 2.05) is 18.4 Å². The summed E-state index contributed by atoms with van der Waals surface area (Å²) < 4.78 is 22.0. The number of imidazole rings is 1. The molecule has 0 radical (unpaired) electrons. The summed E-state index contributed by atoms with van der Waals surface area (Å²) in [6.45, 7) is 4.55. The predicted molar refractivity (Wildman–Crippen MR) is 112 cm³/mol. The lowest BCUT2D eigenvalue weighted by Crippen LogP contribution is -2.32. The van der Waals surface area contributed by atoms with Crippen LogP contribution in [-0.2, 0) is 4.74 Å². The van der Waals surface area contributed by atoms with Crippen LogP contribution >= 0.6 is 11.6 Å². The Balaban J connectivity index is 1.92. The second kappa shape index (κ2) is 7.71. The number of carbonyl (C=O) groups is 1. The van der Waals surface area contributed by atoms with Crippen LogP contribution in [0.3, 0.4) is 0 Å². The number of anilines is 1. The van der Waals surface area contributed by atoms with E-state index in [0.29, 0.717) is 29.1 Å². The number of nitrogen functional groups attached to an aromatic ring is 1. The minimum Gasteiger partial charge on any atom is -0.453 e. The number of rotatable bonds is 3. The molecule has 0 aliphatic carbocycles. The van der Waals surface area contributed by atoms with Crippen molar-refractivity contribution >= 4 is 34.7 Å². The zero-order valence-corrected chi connectivity index (χ0v) is 17.6. The number of ether oxygens (including phenoxy) is 1. The fourth-order valence-electron chi connectivity index (χ4n) is 4.04. The highest BCUT2D eigenvalue weighted by atomic mass is 35.5. The monoisotopic (exact) mass is 432 g/mol. The van der Waals surface area contributed by atoms with Gasteiger partial charge in [0.2, 0.25) is 5.95 Å². The van der Waals surface area contributed by atoms with E-state index in [1.165, 1.54) is 19.4 Å². The number of benzene rings is 1. The Labute approximate surface area is 177 Å². The third-order valence-electron chi connectivity index (χ3n) is 5.29. The Kier molecular flexibility index (Phi) is 5.23. The molecule has 8 nitrogen and oxygen atoms in total. The highest BCUT2D eigenvalue weighted by Gasteiger charge is 2.35. The molecule has 1 aliphatic heterocycles. The van der Waals surface area contributed by atoms with Crippen molar-refractivity contribution in [3.05, 3.63) is 35.0 Å². The number of fused-ring (bicyclic) bond motifs is 1. The average Bonchev–Trinajstić information content (AvgIpc) is 3.33. The molecule has 1 fully saturated rings. The molecule has 2 aromatic heterocycles. The van der Waals surface area contributed by atoms with Crippen LogP contribution in [0.4, 0.5) is 15.1 Å². The van der Waals surface area contributed by atoms with Crippen LogP contribution in [0.15, 0.2) is 18.3 Å². The average molecular weight is 433 g/mol. The summed E-state index contributed by atoms with van der Waals surface area (Å²) in [7, 11) is 1.35.